The lowest BCUT2D eigenvalue weighted by molar-refractivity contribution is 0.120. The number of carbonyl (C=O) groups excluding carboxylic acids is 1. The van der Waals surface area contributed by atoms with E-state index in [2.05, 4.69) is 10.8 Å². The molecule has 0 saturated carbocycles. The van der Waals surface area contributed by atoms with Gasteiger partial charge in [-0.1, -0.05) is 24.3 Å². The Morgan fingerprint density at radius 3 is 2.60 bits per heavy atom. The third-order valence-electron chi connectivity index (χ3n) is 6.17. The molecule has 158 valence electrons. The molecule has 2 atom stereocenters. The van der Waals surface area contributed by atoms with Crippen LogP contribution in [0.3, 0.4) is 0 Å². The standard InChI is InChI=1S/C22H25N3O4S/c1-30(27,28)23-18-9-12-25(22(26)24-10-4-11-24)19(18)14-15-7-8-21-17(13-15)16-5-2-3-6-20(16)29-21/h2-3,5-8,13,18-19,23H,4,9-12,14H2,1H3/t18-,19-/m1/s1. The number of fused-ring (bicyclic) bond motifs is 3. The van der Waals surface area contributed by atoms with Crippen molar-refractivity contribution in [2.45, 2.75) is 31.3 Å². The molecular formula is C22H25N3O4S. The topological polar surface area (TPSA) is 82.9 Å². The van der Waals surface area contributed by atoms with E-state index in [0.29, 0.717) is 19.4 Å². The van der Waals surface area contributed by atoms with Crippen molar-refractivity contribution >= 4 is 38.0 Å². The van der Waals surface area contributed by atoms with Crippen molar-refractivity contribution in [3.63, 3.8) is 0 Å². The number of nitrogens with one attached hydrogen (secondary N) is 1. The van der Waals surface area contributed by atoms with Gasteiger partial charge in [0.05, 0.1) is 12.3 Å². The molecule has 0 aliphatic carbocycles. The first-order chi connectivity index (χ1) is 14.4. The highest BCUT2D eigenvalue weighted by molar-refractivity contribution is 7.88. The molecule has 30 heavy (non-hydrogen) atoms. The molecular weight excluding hydrogens is 402 g/mol. The summed E-state index contributed by atoms with van der Waals surface area (Å²) in [7, 11) is -3.36. The fourth-order valence-electron chi connectivity index (χ4n) is 4.59. The zero-order valence-electron chi connectivity index (χ0n) is 16.9. The fourth-order valence-corrected chi connectivity index (χ4v) is 5.41. The van der Waals surface area contributed by atoms with E-state index < -0.39 is 10.0 Å². The second-order valence-corrected chi connectivity index (χ2v) is 10.1. The lowest BCUT2D eigenvalue weighted by atomic mass is 9.99. The summed E-state index contributed by atoms with van der Waals surface area (Å²) >= 11 is 0. The molecule has 0 unspecified atom stereocenters. The molecule has 2 aliphatic rings. The van der Waals surface area contributed by atoms with Crippen LogP contribution in [-0.2, 0) is 16.4 Å². The van der Waals surface area contributed by atoms with Crippen LogP contribution in [0.15, 0.2) is 46.9 Å². The minimum Gasteiger partial charge on any atom is -0.456 e. The number of rotatable bonds is 4. The molecule has 1 aromatic heterocycles. The Morgan fingerprint density at radius 1 is 1.10 bits per heavy atom. The van der Waals surface area contributed by atoms with Crippen LogP contribution >= 0.6 is 0 Å². The number of benzene rings is 2. The van der Waals surface area contributed by atoms with Gasteiger partial charge in [0, 0.05) is 36.4 Å². The minimum atomic E-state index is -3.36. The number of amides is 2. The lowest BCUT2D eigenvalue weighted by Crippen LogP contribution is -2.54. The number of para-hydroxylation sites is 1. The molecule has 0 bridgehead atoms. The molecule has 2 saturated heterocycles. The van der Waals surface area contributed by atoms with E-state index in [1.807, 2.05) is 46.2 Å². The summed E-state index contributed by atoms with van der Waals surface area (Å²) in [5.41, 5.74) is 2.73. The van der Waals surface area contributed by atoms with Crippen LogP contribution in [0.2, 0.25) is 0 Å². The fraction of sp³-hybridized carbons (Fsp3) is 0.409. The maximum atomic E-state index is 12.9. The third-order valence-corrected chi connectivity index (χ3v) is 6.90. The SMILES string of the molecule is CS(=O)(=O)N[C@@H]1CCN(C(=O)N2CCC2)[C@@H]1Cc1ccc2oc3ccccc3c2c1. The highest BCUT2D eigenvalue weighted by atomic mass is 32.2. The van der Waals surface area contributed by atoms with Crippen LogP contribution < -0.4 is 4.72 Å². The Labute approximate surface area is 175 Å². The normalized spacial score (nSPS) is 22.0. The van der Waals surface area contributed by atoms with Crippen LogP contribution in [0.25, 0.3) is 21.9 Å². The predicted octanol–water partition coefficient (Wildman–Crippen LogP) is 2.95. The predicted molar refractivity (Wildman–Crippen MR) is 116 cm³/mol. The summed E-state index contributed by atoms with van der Waals surface area (Å²) in [5, 5.41) is 2.09. The van der Waals surface area contributed by atoms with Crippen molar-refractivity contribution in [3.8, 4) is 0 Å². The number of nitrogens with zero attached hydrogens (tertiary/aromatic N) is 2. The monoisotopic (exact) mass is 427 g/mol. The molecule has 2 aromatic carbocycles. The van der Waals surface area contributed by atoms with E-state index >= 15 is 0 Å². The van der Waals surface area contributed by atoms with Gasteiger partial charge in [-0.05, 0) is 43.0 Å². The molecule has 3 aromatic rings. The molecule has 3 heterocycles. The van der Waals surface area contributed by atoms with Crippen molar-refractivity contribution in [1.82, 2.24) is 14.5 Å². The maximum Gasteiger partial charge on any atom is 0.320 e. The largest absolute Gasteiger partial charge is 0.456 e. The van der Waals surface area contributed by atoms with Gasteiger partial charge in [0.25, 0.3) is 0 Å². The third kappa shape index (κ3) is 3.54. The summed E-state index contributed by atoms with van der Waals surface area (Å²) in [5.74, 6) is 0. The molecule has 0 radical (unpaired) electrons. The lowest BCUT2D eigenvalue weighted by Gasteiger charge is -2.37. The van der Waals surface area contributed by atoms with Gasteiger partial charge in [0.1, 0.15) is 11.2 Å². The Bertz CT molecular complexity index is 1220. The first-order valence-corrected chi connectivity index (χ1v) is 12.2. The van der Waals surface area contributed by atoms with Gasteiger partial charge < -0.3 is 14.2 Å². The van der Waals surface area contributed by atoms with E-state index in [9.17, 15) is 13.2 Å². The Morgan fingerprint density at radius 2 is 1.87 bits per heavy atom. The number of urea groups is 1. The second kappa shape index (κ2) is 7.28. The van der Waals surface area contributed by atoms with Crippen molar-refractivity contribution in [3.05, 3.63) is 48.0 Å². The van der Waals surface area contributed by atoms with Gasteiger partial charge in [-0.25, -0.2) is 17.9 Å². The molecule has 5 rings (SSSR count). The highest BCUT2D eigenvalue weighted by Gasteiger charge is 2.40. The van der Waals surface area contributed by atoms with Crippen LogP contribution in [0.4, 0.5) is 4.79 Å². The molecule has 0 spiro atoms. The maximum absolute atomic E-state index is 12.9. The van der Waals surface area contributed by atoms with Crippen molar-refractivity contribution in [2.75, 3.05) is 25.9 Å². The van der Waals surface area contributed by atoms with Gasteiger partial charge in [-0.2, -0.15) is 0 Å². The number of hydrogen-bond donors (Lipinski definition) is 1. The smallest absolute Gasteiger partial charge is 0.320 e. The second-order valence-electron chi connectivity index (χ2n) is 8.30. The molecule has 8 heteroatoms. The van der Waals surface area contributed by atoms with Gasteiger partial charge in [0.2, 0.25) is 10.0 Å². The average molecular weight is 428 g/mol. The molecule has 7 nitrogen and oxygen atoms in total. The molecule has 2 fully saturated rings. The van der Waals surface area contributed by atoms with Crippen molar-refractivity contribution < 1.29 is 17.6 Å². The molecule has 1 N–H and O–H groups in total. The Hall–Kier alpha value is -2.58. The van der Waals surface area contributed by atoms with Crippen LogP contribution in [0.1, 0.15) is 18.4 Å². The molecule has 2 aliphatic heterocycles. The zero-order valence-corrected chi connectivity index (χ0v) is 17.7. The first kappa shape index (κ1) is 19.4. The first-order valence-electron chi connectivity index (χ1n) is 10.3. The van der Waals surface area contributed by atoms with Crippen LogP contribution in [-0.4, -0.2) is 62.2 Å². The van der Waals surface area contributed by atoms with Gasteiger partial charge in [-0.3, -0.25) is 0 Å². The average Bonchev–Trinajstić information content (AvgIpc) is 3.20. The van der Waals surface area contributed by atoms with E-state index in [1.54, 1.807) is 0 Å². The summed E-state index contributed by atoms with van der Waals surface area (Å²) in [6.07, 6.45) is 3.41. The van der Waals surface area contributed by atoms with Crippen molar-refractivity contribution in [2.24, 2.45) is 0 Å². The summed E-state index contributed by atoms with van der Waals surface area (Å²) in [6.45, 7) is 2.11. The van der Waals surface area contributed by atoms with Gasteiger partial charge in [0.15, 0.2) is 0 Å². The van der Waals surface area contributed by atoms with Crippen LogP contribution in [0.5, 0.6) is 0 Å². The number of hydrogen-bond acceptors (Lipinski definition) is 4. The summed E-state index contributed by atoms with van der Waals surface area (Å²) < 4.78 is 32.5. The number of sulfonamides is 1. The number of carbonyl (C=O) groups is 1. The Balaban J connectivity index is 1.47. The summed E-state index contributed by atoms with van der Waals surface area (Å²) in [6, 6.07) is 13.5. The van der Waals surface area contributed by atoms with Crippen LogP contribution in [0, 0.1) is 0 Å². The highest BCUT2D eigenvalue weighted by Crippen LogP contribution is 2.31. The number of furan rings is 1. The van der Waals surface area contributed by atoms with E-state index in [-0.39, 0.29) is 18.1 Å². The van der Waals surface area contributed by atoms with E-state index in [1.165, 1.54) is 6.26 Å². The van der Waals surface area contributed by atoms with Crippen molar-refractivity contribution in [1.29, 1.82) is 0 Å². The minimum absolute atomic E-state index is 0.0129. The zero-order chi connectivity index (χ0) is 20.9. The van der Waals surface area contributed by atoms with E-state index in [0.717, 1.165) is 47.0 Å². The van der Waals surface area contributed by atoms with Gasteiger partial charge >= 0.3 is 6.03 Å². The van der Waals surface area contributed by atoms with Gasteiger partial charge in [-0.15, -0.1) is 0 Å². The summed E-state index contributed by atoms with van der Waals surface area (Å²) in [4.78, 5) is 16.6. The Kier molecular flexibility index (Phi) is 4.71. The van der Waals surface area contributed by atoms with E-state index in [4.69, 9.17) is 4.42 Å². The number of likely N-dealkylation sites (tertiary alicyclic amines) is 2. The quantitative estimate of drug-likeness (QED) is 0.694. The molecule has 2 amide bonds.